The second-order valence-corrected chi connectivity index (χ2v) is 6.28. The molecule has 0 saturated heterocycles. The van der Waals surface area contributed by atoms with E-state index in [4.69, 9.17) is 0 Å². The van der Waals surface area contributed by atoms with E-state index in [0.717, 1.165) is 37.4 Å². The fourth-order valence-electron chi connectivity index (χ4n) is 3.26. The molecular weight excluding hydrogens is 258 g/mol. The van der Waals surface area contributed by atoms with Gasteiger partial charge in [-0.15, -0.1) is 0 Å². The van der Waals surface area contributed by atoms with Crippen LogP contribution in [0.1, 0.15) is 64.7 Å². The highest BCUT2D eigenvalue weighted by atomic mass is 16.2. The predicted molar refractivity (Wildman–Crippen MR) is 89.5 cm³/mol. The first-order valence-corrected chi connectivity index (χ1v) is 8.66. The van der Waals surface area contributed by atoms with Gasteiger partial charge in [0.2, 0.25) is 5.91 Å². The second kappa shape index (κ2) is 8.86. The quantitative estimate of drug-likeness (QED) is 0.676. The monoisotopic (exact) mass is 287 g/mol. The molecule has 0 unspecified atom stereocenters. The van der Waals surface area contributed by atoms with Crippen molar-refractivity contribution < 1.29 is 4.79 Å². The topological polar surface area (TPSA) is 20.3 Å². The molecule has 2 nitrogen and oxygen atoms in total. The third-order valence-corrected chi connectivity index (χ3v) is 4.60. The molecular formula is C19H29NO. The maximum atomic E-state index is 12.6. The van der Waals surface area contributed by atoms with E-state index in [1.807, 2.05) is 35.2 Å². The van der Waals surface area contributed by atoms with Gasteiger partial charge in [0.15, 0.2) is 0 Å². The molecule has 0 bridgehead atoms. The van der Waals surface area contributed by atoms with Crippen molar-refractivity contribution in [3.63, 3.8) is 0 Å². The van der Waals surface area contributed by atoms with Gasteiger partial charge in [0, 0.05) is 18.7 Å². The molecule has 0 atom stereocenters. The zero-order chi connectivity index (χ0) is 14.9. The summed E-state index contributed by atoms with van der Waals surface area (Å²) in [5, 5.41) is 0. The van der Waals surface area contributed by atoms with Crippen LogP contribution in [-0.2, 0) is 4.79 Å². The maximum Gasteiger partial charge on any atom is 0.226 e. The first-order valence-electron chi connectivity index (χ1n) is 8.66. The number of anilines is 1. The van der Waals surface area contributed by atoms with Gasteiger partial charge in [0.1, 0.15) is 0 Å². The number of carbonyl (C=O) groups excluding carboxylic acids is 1. The van der Waals surface area contributed by atoms with Gasteiger partial charge in [-0.05, 0) is 30.9 Å². The van der Waals surface area contributed by atoms with E-state index in [0.29, 0.717) is 12.3 Å². The molecule has 1 saturated carbocycles. The van der Waals surface area contributed by atoms with Crippen LogP contribution in [0.3, 0.4) is 0 Å². The van der Waals surface area contributed by atoms with Crippen LogP contribution in [-0.4, -0.2) is 12.5 Å². The molecule has 2 heteroatoms. The van der Waals surface area contributed by atoms with Crippen molar-refractivity contribution in [2.45, 2.75) is 64.7 Å². The molecule has 0 heterocycles. The lowest BCUT2D eigenvalue weighted by Crippen LogP contribution is -2.32. The van der Waals surface area contributed by atoms with Gasteiger partial charge in [0.05, 0.1) is 0 Å². The van der Waals surface area contributed by atoms with Crippen LogP contribution in [0, 0.1) is 5.92 Å². The molecule has 0 N–H and O–H groups in total. The molecule has 0 radical (unpaired) electrons. The molecule has 0 aliphatic heterocycles. The van der Waals surface area contributed by atoms with Gasteiger partial charge in [-0.1, -0.05) is 63.6 Å². The van der Waals surface area contributed by atoms with Crippen molar-refractivity contribution in [3.05, 3.63) is 30.3 Å². The summed E-state index contributed by atoms with van der Waals surface area (Å²) < 4.78 is 0. The number of hydrogen-bond donors (Lipinski definition) is 0. The molecule has 1 aliphatic rings. The molecule has 2 rings (SSSR count). The minimum atomic E-state index is 0.306. The van der Waals surface area contributed by atoms with Crippen molar-refractivity contribution >= 4 is 11.6 Å². The van der Waals surface area contributed by atoms with Crippen LogP contribution >= 0.6 is 0 Å². The molecule has 1 aliphatic carbocycles. The van der Waals surface area contributed by atoms with E-state index in [1.54, 1.807) is 0 Å². The van der Waals surface area contributed by atoms with Gasteiger partial charge in [-0.2, -0.15) is 0 Å². The average molecular weight is 287 g/mol. The summed E-state index contributed by atoms with van der Waals surface area (Å²) in [4.78, 5) is 14.6. The van der Waals surface area contributed by atoms with E-state index < -0.39 is 0 Å². The number of hydrogen-bond acceptors (Lipinski definition) is 1. The van der Waals surface area contributed by atoms with Crippen LogP contribution in [0.2, 0.25) is 0 Å². The smallest absolute Gasteiger partial charge is 0.226 e. The van der Waals surface area contributed by atoms with Gasteiger partial charge in [-0.3, -0.25) is 4.79 Å². The Kier molecular flexibility index (Phi) is 6.78. The van der Waals surface area contributed by atoms with Crippen molar-refractivity contribution in [1.82, 2.24) is 0 Å². The fourth-order valence-corrected chi connectivity index (χ4v) is 3.26. The number of benzene rings is 1. The lowest BCUT2D eigenvalue weighted by molar-refractivity contribution is -0.119. The second-order valence-electron chi connectivity index (χ2n) is 6.28. The third-order valence-electron chi connectivity index (χ3n) is 4.60. The Balaban J connectivity index is 1.90. The highest BCUT2D eigenvalue weighted by Crippen LogP contribution is 2.28. The fraction of sp³-hybridized carbons (Fsp3) is 0.632. The van der Waals surface area contributed by atoms with E-state index in [9.17, 15) is 4.79 Å². The summed E-state index contributed by atoms with van der Waals surface area (Å²) >= 11 is 0. The minimum absolute atomic E-state index is 0.306. The number of rotatable bonds is 7. The molecule has 0 aromatic heterocycles. The van der Waals surface area contributed by atoms with Crippen molar-refractivity contribution in [1.29, 1.82) is 0 Å². The average Bonchev–Trinajstić information content (AvgIpc) is 2.55. The summed E-state index contributed by atoms with van der Waals surface area (Å²) in [6.07, 6.45) is 10.7. The Bertz CT molecular complexity index is 409. The molecule has 1 aromatic rings. The summed E-state index contributed by atoms with van der Waals surface area (Å²) in [6.45, 7) is 3.03. The van der Waals surface area contributed by atoms with Crippen molar-refractivity contribution in [2.24, 2.45) is 5.92 Å². The van der Waals surface area contributed by atoms with Crippen molar-refractivity contribution in [3.8, 4) is 0 Å². The Morgan fingerprint density at radius 3 is 2.52 bits per heavy atom. The summed E-state index contributed by atoms with van der Waals surface area (Å²) in [5.41, 5.74) is 1.06. The summed E-state index contributed by atoms with van der Waals surface area (Å²) in [5.74, 6) is 1.09. The molecule has 116 valence electrons. The number of para-hydroxylation sites is 1. The Morgan fingerprint density at radius 2 is 1.86 bits per heavy atom. The Hall–Kier alpha value is -1.31. The zero-order valence-electron chi connectivity index (χ0n) is 13.4. The van der Waals surface area contributed by atoms with Gasteiger partial charge < -0.3 is 4.90 Å². The third kappa shape index (κ3) is 5.18. The highest BCUT2D eigenvalue weighted by molar-refractivity contribution is 5.93. The Morgan fingerprint density at radius 1 is 1.14 bits per heavy atom. The molecule has 1 aromatic carbocycles. The van der Waals surface area contributed by atoms with Gasteiger partial charge in [0.25, 0.3) is 0 Å². The van der Waals surface area contributed by atoms with Crippen molar-refractivity contribution in [2.75, 3.05) is 11.4 Å². The standard InChI is InChI=1S/C19H29NO/c1-2-3-16-20(18-12-8-5-9-13-18)19(21)15-14-17-10-6-4-7-11-17/h5,8-9,12-13,17H,2-4,6-7,10-11,14-16H2,1H3. The highest BCUT2D eigenvalue weighted by Gasteiger charge is 2.18. The maximum absolute atomic E-state index is 12.6. The predicted octanol–water partition coefficient (Wildman–Crippen LogP) is 5.18. The summed E-state index contributed by atoms with van der Waals surface area (Å²) in [7, 11) is 0. The van der Waals surface area contributed by atoms with E-state index in [1.165, 1.54) is 32.1 Å². The van der Waals surface area contributed by atoms with E-state index in [-0.39, 0.29) is 0 Å². The molecule has 1 fully saturated rings. The number of carbonyl (C=O) groups is 1. The molecule has 1 amide bonds. The first-order chi connectivity index (χ1) is 10.3. The summed E-state index contributed by atoms with van der Waals surface area (Å²) in [6, 6.07) is 10.1. The molecule has 0 spiro atoms. The first kappa shape index (κ1) is 16.1. The Labute approximate surface area is 129 Å². The lowest BCUT2D eigenvalue weighted by Gasteiger charge is -2.25. The van der Waals surface area contributed by atoms with E-state index in [2.05, 4.69) is 6.92 Å². The van der Waals surface area contributed by atoms with Crippen LogP contribution in [0.5, 0.6) is 0 Å². The van der Waals surface area contributed by atoms with Crippen LogP contribution in [0.15, 0.2) is 30.3 Å². The SMILES string of the molecule is CCCCN(C(=O)CCC1CCCCC1)c1ccccc1. The van der Waals surface area contributed by atoms with Gasteiger partial charge >= 0.3 is 0 Å². The normalized spacial score (nSPS) is 15.9. The molecule has 21 heavy (non-hydrogen) atoms. The number of amides is 1. The lowest BCUT2D eigenvalue weighted by atomic mass is 9.86. The largest absolute Gasteiger partial charge is 0.312 e. The van der Waals surface area contributed by atoms with Crippen LogP contribution in [0.25, 0.3) is 0 Å². The van der Waals surface area contributed by atoms with Gasteiger partial charge in [-0.25, -0.2) is 0 Å². The van der Waals surface area contributed by atoms with Crippen LogP contribution in [0.4, 0.5) is 5.69 Å². The van der Waals surface area contributed by atoms with E-state index >= 15 is 0 Å². The van der Waals surface area contributed by atoms with Crippen LogP contribution < -0.4 is 4.90 Å². The minimum Gasteiger partial charge on any atom is -0.312 e. The number of unbranched alkanes of at least 4 members (excludes halogenated alkanes) is 1. The zero-order valence-corrected chi connectivity index (χ0v) is 13.4. The number of nitrogens with zero attached hydrogens (tertiary/aromatic N) is 1.